The van der Waals surface area contributed by atoms with Gasteiger partial charge in [0.15, 0.2) is 0 Å². The second-order valence-corrected chi connectivity index (χ2v) is 2.44. The molecule has 58 valence electrons. The highest BCUT2D eigenvalue weighted by Crippen LogP contribution is 1.98. The van der Waals surface area contributed by atoms with Crippen LogP contribution in [0.1, 0.15) is 0 Å². The van der Waals surface area contributed by atoms with E-state index in [1.54, 1.807) is 4.90 Å². The smallest absolute Gasteiger partial charge is 0.314 e. The fourth-order valence-corrected chi connectivity index (χ4v) is 0.968. The van der Waals surface area contributed by atoms with Crippen molar-refractivity contribution in [2.24, 2.45) is 5.73 Å². The summed E-state index contributed by atoms with van der Waals surface area (Å²) >= 11 is 0. The molecule has 0 aromatic heterocycles. The molecule has 1 aliphatic heterocycles. The third-order valence-electron chi connectivity index (χ3n) is 1.68. The number of nitrogens with zero attached hydrogens (tertiary/aromatic N) is 2. The van der Waals surface area contributed by atoms with Crippen LogP contribution in [-0.2, 0) is 0 Å². The van der Waals surface area contributed by atoms with Crippen molar-refractivity contribution in [3.8, 4) is 0 Å². The minimum atomic E-state index is -0.326. The van der Waals surface area contributed by atoms with Crippen LogP contribution in [-0.4, -0.2) is 42.0 Å². The van der Waals surface area contributed by atoms with Gasteiger partial charge in [-0.25, -0.2) is 4.79 Å². The molecule has 1 fully saturated rings. The van der Waals surface area contributed by atoms with Gasteiger partial charge in [-0.2, -0.15) is 0 Å². The van der Waals surface area contributed by atoms with Gasteiger partial charge in [0, 0.05) is 13.1 Å². The van der Waals surface area contributed by atoms with Crippen molar-refractivity contribution in [2.75, 3.05) is 26.2 Å². The minimum absolute atomic E-state index is 0.326. The lowest BCUT2D eigenvalue weighted by Crippen LogP contribution is -2.48. The zero-order valence-electron chi connectivity index (χ0n) is 5.92. The van der Waals surface area contributed by atoms with Crippen LogP contribution in [0.15, 0.2) is 0 Å². The van der Waals surface area contributed by atoms with Gasteiger partial charge in [-0.1, -0.05) is 0 Å². The number of rotatable bonds is 0. The lowest BCUT2D eigenvalue weighted by molar-refractivity contribution is 0.169. The molecule has 1 heterocycles. The first-order valence-corrected chi connectivity index (χ1v) is 3.30. The van der Waals surface area contributed by atoms with E-state index in [1.807, 2.05) is 4.90 Å². The predicted molar refractivity (Wildman–Crippen MR) is 38.1 cm³/mol. The summed E-state index contributed by atoms with van der Waals surface area (Å²) in [6.07, 6.45) is 0. The van der Waals surface area contributed by atoms with Crippen molar-refractivity contribution in [2.45, 2.75) is 0 Å². The number of urea groups is 1. The van der Waals surface area contributed by atoms with E-state index >= 15 is 0 Å². The summed E-state index contributed by atoms with van der Waals surface area (Å²) in [4.78, 5) is 14.1. The second-order valence-electron chi connectivity index (χ2n) is 2.44. The van der Waals surface area contributed by atoms with Crippen LogP contribution in [0.2, 0.25) is 0 Å². The fraction of sp³-hybridized carbons (Fsp3) is 0.667. The Bertz CT molecular complexity index is 129. The molecular formula is C6H12N3O-. The van der Waals surface area contributed by atoms with E-state index in [-0.39, 0.29) is 6.03 Å². The van der Waals surface area contributed by atoms with Gasteiger partial charge in [0.05, 0.1) is 0 Å². The Kier molecular flexibility index (Phi) is 2.11. The Hall–Kier alpha value is -0.770. The zero-order chi connectivity index (χ0) is 7.56. The van der Waals surface area contributed by atoms with Crippen LogP contribution in [0.3, 0.4) is 0 Å². The molecule has 0 aliphatic carbocycles. The van der Waals surface area contributed by atoms with E-state index in [0.717, 1.165) is 13.1 Å². The van der Waals surface area contributed by atoms with Crippen molar-refractivity contribution in [1.82, 2.24) is 9.80 Å². The standard InChI is InChI=1S/C6H12N3O/c1-8-2-4-9(5-3-8)6(7)10/h1-5H2,(H2,7,10)/q-1. The highest BCUT2D eigenvalue weighted by molar-refractivity contribution is 5.72. The van der Waals surface area contributed by atoms with Gasteiger partial charge >= 0.3 is 6.03 Å². The Balaban J connectivity index is 2.33. The summed E-state index contributed by atoms with van der Waals surface area (Å²) in [6, 6.07) is -0.326. The average Bonchev–Trinajstić information content (AvgIpc) is 1.88. The summed E-state index contributed by atoms with van der Waals surface area (Å²) < 4.78 is 0. The van der Waals surface area contributed by atoms with Crippen LogP contribution in [0.4, 0.5) is 4.79 Å². The molecule has 1 saturated heterocycles. The third kappa shape index (κ3) is 1.60. The molecule has 1 rings (SSSR count). The number of hydrogen-bond donors (Lipinski definition) is 1. The van der Waals surface area contributed by atoms with Crippen molar-refractivity contribution in [1.29, 1.82) is 0 Å². The van der Waals surface area contributed by atoms with Gasteiger partial charge in [0.1, 0.15) is 0 Å². The molecule has 0 atom stereocenters. The highest BCUT2D eigenvalue weighted by Gasteiger charge is 2.12. The van der Waals surface area contributed by atoms with Gasteiger partial charge in [0.2, 0.25) is 0 Å². The van der Waals surface area contributed by atoms with Crippen LogP contribution < -0.4 is 5.73 Å². The summed E-state index contributed by atoms with van der Waals surface area (Å²) in [6.45, 7) is 3.06. The maximum atomic E-state index is 10.6. The first-order valence-electron chi connectivity index (χ1n) is 3.30. The maximum Gasteiger partial charge on any atom is 0.314 e. The molecule has 2 N–H and O–H groups in total. The summed E-state index contributed by atoms with van der Waals surface area (Å²) in [5.74, 6) is 0. The summed E-state index contributed by atoms with van der Waals surface area (Å²) in [5.41, 5.74) is 5.06. The number of carbonyl (C=O) groups is 1. The Labute approximate surface area is 60.6 Å². The number of piperazine rings is 1. The topological polar surface area (TPSA) is 49.6 Å². The average molecular weight is 142 g/mol. The number of hydrogen-bond acceptors (Lipinski definition) is 2. The lowest BCUT2D eigenvalue weighted by Gasteiger charge is -2.36. The molecule has 0 saturated carbocycles. The van der Waals surface area contributed by atoms with Crippen LogP contribution in [0.25, 0.3) is 0 Å². The highest BCUT2D eigenvalue weighted by atomic mass is 16.2. The normalized spacial score (nSPS) is 21.1. The number of nitrogens with two attached hydrogens (primary N) is 1. The largest absolute Gasteiger partial charge is 0.456 e. The molecule has 4 heteroatoms. The Morgan fingerprint density at radius 1 is 1.30 bits per heavy atom. The molecule has 1 aliphatic rings. The van der Waals surface area contributed by atoms with Crippen molar-refractivity contribution in [3.05, 3.63) is 7.05 Å². The van der Waals surface area contributed by atoms with Crippen LogP contribution >= 0.6 is 0 Å². The molecule has 0 aromatic carbocycles. The van der Waals surface area contributed by atoms with E-state index in [4.69, 9.17) is 5.73 Å². The zero-order valence-corrected chi connectivity index (χ0v) is 5.92. The van der Waals surface area contributed by atoms with Gasteiger partial charge in [-0.3, -0.25) is 7.05 Å². The first kappa shape index (κ1) is 7.34. The molecule has 2 amide bonds. The molecule has 0 bridgehead atoms. The number of carbonyl (C=O) groups excluding carboxylic acids is 1. The minimum Gasteiger partial charge on any atom is -0.456 e. The molecule has 0 radical (unpaired) electrons. The van der Waals surface area contributed by atoms with Gasteiger partial charge in [0.25, 0.3) is 0 Å². The molecule has 0 unspecified atom stereocenters. The Morgan fingerprint density at radius 3 is 2.20 bits per heavy atom. The van der Waals surface area contributed by atoms with Crippen LogP contribution in [0, 0.1) is 7.05 Å². The van der Waals surface area contributed by atoms with E-state index in [1.165, 1.54) is 0 Å². The monoisotopic (exact) mass is 142 g/mol. The molecular weight excluding hydrogens is 130 g/mol. The third-order valence-corrected chi connectivity index (χ3v) is 1.68. The molecule has 0 aromatic rings. The second kappa shape index (κ2) is 2.88. The van der Waals surface area contributed by atoms with Gasteiger partial charge < -0.3 is 15.5 Å². The van der Waals surface area contributed by atoms with E-state index < -0.39 is 0 Å². The van der Waals surface area contributed by atoms with E-state index in [0.29, 0.717) is 13.1 Å². The first-order chi connectivity index (χ1) is 4.70. The Morgan fingerprint density at radius 2 is 1.80 bits per heavy atom. The SMILES string of the molecule is [CH2-]N1CCN(C(N)=O)CC1. The van der Waals surface area contributed by atoms with E-state index in [2.05, 4.69) is 7.05 Å². The number of amides is 2. The molecule has 10 heavy (non-hydrogen) atoms. The molecule has 4 nitrogen and oxygen atoms in total. The predicted octanol–water partition coefficient (Wildman–Crippen LogP) is -0.526. The van der Waals surface area contributed by atoms with E-state index in [9.17, 15) is 4.79 Å². The van der Waals surface area contributed by atoms with Crippen molar-refractivity contribution >= 4 is 6.03 Å². The quantitative estimate of drug-likeness (QED) is 0.462. The van der Waals surface area contributed by atoms with Crippen LogP contribution in [0.5, 0.6) is 0 Å². The van der Waals surface area contributed by atoms with Crippen molar-refractivity contribution in [3.63, 3.8) is 0 Å². The fourth-order valence-electron chi connectivity index (χ4n) is 0.968. The van der Waals surface area contributed by atoms with Gasteiger partial charge in [-0.15, -0.1) is 0 Å². The molecule has 0 spiro atoms. The maximum absolute atomic E-state index is 10.6. The van der Waals surface area contributed by atoms with Gasteiger partial charge in [-0.05, 0) is 13.1 Å². The summed E-state index contributed by atoms with van der Waals surface area (Å²) in [5, 5.41) is 0. The summed E-state index contributed by atoms with van der Waals surface area (Å²) in [7, 11) is 3.75. The van der Waals surface area contributed by atoms with Crippen molar-refractivity contribution < 1.29 is 4.79 Å². The lowest BCUT2D eigenvalue weighted by atomic mass is 10.3. The number of primary amides is 1.